The second kappa shape index (κ2) is 4.58. The van der Waals surface area contributed by atoms with Gasteiger partial charge in [-0.2, -0.15) is 0 Å². The molecule has 0 radical (unpaired) electrons. The minimum atomic E-state index is 0.172. The molecule has 1 heterocycles. The van der Waals surface area contributed by atoms with E-state index in [1.807, 2.05) is 14.1 Å². The van der Waals surface area contributed by atoms with Gasteiger partial charge in [-0.05, 0) is 33.5 Å². The Morgan fingerprint density at radius 1 is 1.58 bits per heavy atom. The second-order valence-electron chi connectivity index (χ2n) is 3.49. The monoisotopic (exact) mass is 170 g/mol. The number of rotatable bonds is 3. The summed E-state index contributed by atoms with van der Waals surface area (Å²) < 4.78 is 0. The van der Waals surface area contributed by atoms with E-state index in [0.717, 1.165) is 13.0 Å². The molecule has 1 fully saturated rings. The molecule has 0 aromatic carbocycles. The third-order valence-electron chi connectivity index (χ3n) is 2.49. The fourth-order valence-electron chi connectivity index (χ4n) is 1.77. The third kappa shape index (κ3) is 2.29. The van der Waals surface area contributed by atoms with Gasteiger partial charge < -0.3 is 5.32 Å². The zero-order valence-electron chi connectivity index (χ0n) is 7.97. The Kier molecular flexibility index (Phi) is 3.69. The van der Waals surface area contributed by atoms with Crippen LogP contribution in [0.15, 0.2) is 0 Å². The van der Waals surface area contributed by atoms with Crippen LogP contribution in [0.4, 0.5) is 0 Å². The first-order valence-corrected chi connectivity index (χ1v) is 4.63. The van der Waals surface area contributed by atoms with Gasteiger partial charge in [0.15, 0.2) is 5.78 Å². The van der Waals surface area contributed by atoms with Crippen LogP contribution in [0, 0.1) is 0 Å². The first-order chi connectivity index (χ1) is 5.75. The summed E-state index contributed by atoms with van der Waals surface area (Å²) in [4.78, 5) is 13.7. The Morgan fingerprint density at radius 2 is 2.33 bits per heavy atom. The molecular weight excluding hydrogens is 152 g/mol. The maximum absolute atomic E-state index is 11.5. The van der Waals surface area contributed by atoms with E-state index in [2.05, 4.69) is 10.2 Å². The van der Waals surface area contributed by atoms with Crippen molar-refractivity contribution < 1.29 is 4.79 Å². The molecule has 0 amide bonds. The SMILES string of the molecule is CNCC(=O)C1CCCCN1C. The van der Waals surface area contributed by atoms with Crippen molar-refractivity contribution in [2.75, 3.05) is 27.2 Å². The summed E-state index contributed by atoms with van der Waals surface area (Å²) in [5.74, 6) is 0.333. The predicted molar refractivity (Wildman–Crippen MR) is 49.2 cm³/mol. The van der Waals surface area contributed by atoms with Crippen LogP contribution in [-0.4, -0.2) is 43.9 Å². The van der Waals surface area contributed by atoms with Gasteiger partial charge in [-0.25, -0.2) is 0 Å². The topological polar surface area (TPSA) is 32.3 Å². The molecule has 1 aliphatic heterocycles. The third-order valence-corrected chi connectivity index (χ3v) is 2.49. The Balaban J connectivity index is 2.42. The van der Waals surface area contributed by atoms with Crippen LogP contribution >= 0.6 is 0 Å². The number of likely N-dealkylation sites (tertiary alicyclic amines) is 1. The number of nitrogens with one attached hydrogen (secondary N) is 1. The van der Waals surface area contributed by atoms with Gasteiger partial charge in [0.1, 0.15) is 0 Å². The van der Waals surface area contributed by atoms with Crippen LogP contribution in [-0.2, 0) is 4.79 Å². The summed E-state index contributed by atoms with van der Waals surface area (Å²) >= 11 is 0. The highest BCUT2D eigenvalue weighted by atomic mass is 16.1. The molecule has 3 nitrogen and oxygen atoms in total. The number of carbonyl (C=O) groups is 1. The van der Waals surface area contributed by atoms with Gasteiger partial charge in [0, 0.05) is 0 Å². The number of hydrogen-bond acceptors (Lipinski definition) is 3. The van der Waals surface area contributed by atoms with Crippen LogP contribution in [0.5, 0.6) is 0 Å². The van der Waals surface area contributed by atoms with Crippen molar-refractivity contribution in [2.24, 2.45) is 0 Å². The molecule has 1 rings (SSSR count). The maximum atomic E-state index is 11.5. The first-order valence-electron chi connectivity index (χ1n) is 4.63. The highest BCUT2D eigenvalue weighted by Crippen LogP contribution is 2.15. The molecule has 0 aromatic rings. The quantitative estimate of drug-likeness (QED) is 0.659. The molecule has 0 bridgehead atoms. The average molecular weight is 170 g/mol. The lowest BCUT2D eigenvalue weighted by atomic mass is 9.99. The number of Topliss-reactive ketones (excluding diaryl/α,β-unsaturated/α-hetero) is 1. The molecule has 1 saturated heterocycles. The molecule has 0 aliphatic carbocycles. The van der Waals surface area contributed by atoms with E-state index in [0.29, 0.717) is 12.3 Å². The summed E-state index contributed by atoms with van der Waals surface area (Å²) in [6.07, 6.45) is 3.47. The first kappa shape index (κ1) is 9.68. The van der Waals surface area contributed by atoms with E-state index < -0.39 is 0 Å². The van der Waals surface area contributed by atoms with Crippen molar-refractivity contribution in [3.63, 3.8) is 0 Å². The summed E-state index contributed by atoms with van der Waals surface area (Å²) in [6.45, 7) is 1.58. The van der Waals surface area contributed by atoms with Gasteiger partial charge >= 0.3 is 0 Å². The molecule has 1 N–H and O–H groups in total. The van der Waals surface area contributed by atoms with Crippen molar-refractivity contribution in [1.29, 1.82) is 0 Å². The highest BCUT2D eigenvalue weighted by Gasteiger charge is 2.24. The van der Waals surface area contributed by atoms with Crippen molar-refractivity contribution in [2.45, 2.75) is 25.3 Å². The van der Waals surface area contributed by atoms with Crippen LogP contribution < -0.4 is 5.32 Å². The van der Waals surface area contributed by atoms with E-state index in [4.69, 9.17) is 0 Å². The molecule has 1 unspecified atom stereocenters. The largest absolute Gasteiger partial charge is 0.313 e. The second-order valence-corrected chi connectivity index (χ2v) is 3.49. The predicted octanol–water partition coefficient (Wildman–Crippen LogP) is 0.259. The molecule has 0 spiro atoms. The molecule has 1 atom stereocenters. The molecule has 0 aromatic heterocycles. The number of likely N-dealkylation sites (N-methyl/N-ethyl adjacent to an activating group) is 2. The normalized spacial score (nSPS) is 25.7. The van der Waals surface area contributed by atoms with Crippen molar-refractivity contribution in [1.82, 2.24) is 10.2 Å². The molecule has 3 heteroatoms. The minimum absolute atomic E-state index is 0.172. The maximum Gasteiger partial charge on any atom is 0.163 e. The van der Waals surface area contributed by atoms with E-state index in [-0.39, 0.29) is 6.04 Å². The molecule has 0 saturated carbocycles. The fourth-order valence-corrected chi connectivity index (χ4v) is 1.77. The zero-order valence-corrected chi connectivity index (χ0v) is 7.97. The van der Waals surface area contributed by atoms with Crippen LogP contribution in [0.1, 0.15) is 19.3 Å². The number of piperidine rings is 1. The number of nitrogens with zero attached hydrogens (tertiary/aromatic N) is 1. The summed E-state index contributed by atoms with van der Waals surface area (Å²) in [6, 6.07) is 0.172. The Morgan fingerprint density at radius 3 is 2.92 bits per heavy atom. The van der Waals surface area contributed by atoms with Gasteiger partial charge in [-0.1, -0.05) is 6.42 Å². The van der Waals surface area contributed by atoms with Gasteiger partial charge in [-0.3, -0.25) is 9.69 Å². The molecule has 12 heavy (non-hydrogen) atoms. The Labute approximate surface area is 74.1 Å². The lowest BCUT2D eigenvalue weighted by Crippen LogP contribution is -2.44. The summed E-state index contributed by atoms with van der Waals surface area (Å²) in [7, 11) is 3.86. The van der Waals surface area contributed by atoms with E-state index in [1.165, 1.54) is 12.8 Å². The fraction of sp³-hybridized carbons (Fsp3) is 0.889. The molecule has 1 aliphatic rings. The van der Waals surface area contributed by atoms with E-state index in [9.17, 15) is 4.79 Å². The van der Waals surface area contributed by atoms with Crippen molar-refractivity contribution in [3.8, 4) is 0 Å². The van der Waals surface area contributed by atoms with E-state index in [1.54, 1.807) is 0 Å². The van der Waals surface area contributed by atoms with Crippen molar-refractivity contribution in [3.05, 3.63) is 0 Å². The zero-order chi connectivity index (χ0) is 8.97. The summed E-state index contributed by atoms with van der Waals surface area (Å²) in [5.41, 5.74) is 0. The van der Waals surface area contributed by atoms with E-state index >= 15 is 0 Å². The van der Waals surface area contributed by atoms with Gasteiger partial charge in [0.2, 0.25) is 0 Å². The van der Waals surface area contributed by atoms with Gasteiger partial charge in [-0.15, -0.1) is 0 Å². The average Bonchev–Trinajstić information content (AvgIpc) is 2.05. The van der Waals surface area contributed by atoms with Crippen molar-refractivity contribution >= 4 is 5.78 Å². The molecule has 70 valence electrons. The summed E-state index contributed by atoms with van der Waals surface area (Å²) in [5, 5.41) is 2.91. The lowest BCUT2D eigenvalue weighted by molar-refractivity contribution is -0.123. The van der Waals surface area contributed by atoms with Gasteiger partial charge in [0.05, 0.1) is 12.6 Å². The lowest BCUT2D eigenvalue weighted by Gasteiger charge is -2.31. The molecular formula is C9H18N2O. The van der Waals surface area contributed by atoms with Crippen LogP contribution in [0.25, 0.3) is 0 Å². The number of carbonyl (C=O) groups excluding carboxylic acids is 1. The number of hydrogen-bond donors (Lipinski definition) is 1. The van der Waals surface area contributed by atoms with Crippen LogP contribution in [0.2, 0.25) is 0 Å². The number of ketones is 1. The Hall–Kier alpha value is -0.410. The van der Waals surface area contributed by atoms with Crippen LogP contribution in [0.3, 0.4) is 0 Å². The highest BCUT2D eigenvalue weighted by molar-refractivity contribution is 5.85. The standard InChI is InChI=1S/C9H18N2O/c1-10-7-9(12)8-5-3-4-6-11(8)2/h8,10H,3-7H2,1-2H3. The van der Waals surface area contributed by atoms with Gasteiger partial charge in [0.25, 0.3) is 0 Å². The Bertz CT molecular complexity index is 159. The minimum Gasteiger partial charge on any atom is -0.313 e. The smallest absolute Gasteiger partial charge is 0.163 e.